The number of carbonyl (C=O) groups excluding carboxylic acids is 6. The first-order chi connectivity index (χ1) is 69.9. The fourth-order valence-corrected chi connectivity index (χ4v) is 23.7. The summed E-state index contributed by atoms with van der Waals surface area (Å²) in [6.45, 7) is 30.9. The minimum atomic E-state index is -4.37. The van der Waals surface area contributed by atoms with Crippen molar-refractivity contribution >= 4 is 55.6 Å². The van der Waals surface area contributed by atoms with Gasteiger partial charge in [0.25, 0.3) is 23.6 Å². The van der Waals surface area contributed by atoms with Crippen LogP contribution >= 0.6 is 0 Å². The molecule has 804 valence electrons. The van der Waals surface area contributed by atoms with E-state index < -0.39 is 67.0 Å². The first-order valence-electron chi connectivity index (χ1n) is 50.9. The van der Waals surface area contributed by atoms with Crippen molar-refractivity contribution in [3.05, 3.63) is 258 Å². The van der Waals surface area contributed by atoms with Crippen LogP contribution in [-0.4, -0.2) is 189 Å². The lowest BCUT2D eigenvalue weighted by Crippen LogP contribution is -2.42. The Kier molecular flexibility index (Phi) is 37.9. The van der Waals surface area contributed by atoms with Crippen LogP contribution in [0.25, 0.3) is 0 Å². The van der Waals surface area contributed by atoms with E-state index in [1.54, 1.807) is 43.5 Å². The van der Waals surface area contributed by atoms with E-state index in [4.69, 9.17) is 4.74 Å². The second-order valence-corrected chi connectivity index (χ2v) is 45.8. The van der Waals surface area contributed by atoms with Crippen molar-refractivity contribution in [2.24, 2.45) is 53.3 Å². The van der Waals surface area contributed by atoms with Crippen molar-refractivity contribution in [3.8, 4) is 0 Å². The number of amides is 5. The molecule has 3 saturated heterocycles. The van der Waals surface area contributed by atoms with Crippen LogP contribution in [-0.2, 0) is 107 Å². The van der Waals surface area contributed by atoms with E-state index in [1.165, 1.54) is 64.3 Å². The molecular weight excluding hydrogens is 1980 g/mol. The lowest BCUT2D eigenvalue weighted by atomic mass is 9.79. The largest absolute Gasteiger partial charge is 0.453 e. The number of Topliss-reactive ketones (excluding diaryl/α,β-unsaturated/α-hetero) is 1. The molecule has 4 aromatic carbocycles. The third-order valence-electron chi connectivity index (χ3n) is 29.3. The Morgan fingerprint density at radius 3 is 0.885 bits per heavy atom. The van der Waals surface area contributed by atoms with Gasteiger partial charge in [0.1, 0.15) is 5.78 Å². The molecule has 8 aromatic rings. The average Bonchev–Trinajstić information content (AvgIpc) is 1.64. The molecular formula is C108H135F12N15O11S2. The van der Waals surface area contributed by atoms with Crippen molar-refractivity contribution in [2.45, 2.75) is 235 Å². The summed E-state index contributed by atoms with van der Waals surface area (Å²) in [5, 5.41) is 11.9. The fraction of sp³-hybridized carbons (Fsp3) is 0.537. The van der Waals surface area contributed by atoms with Gasteiger partial charge in [-0.25, -0.2) is 30.2 Å². The number of hydrogen-bond acceptors (Lipinski definition) is 19. The molecule has 4 aromatic heterocycles. The van der Waals surface area contributed by atoms with Crippen LogP contribution in [0.1, 0.15) is 289 Å². The third-order valence-corrected chi connectivity index (χ3v) is 33.1. The van der Waals surface area contributed by atoms with E-state index in [-0.39, 0.29) is 113 Å². The number of nitrogens with zero attached hydrogens (tertiary/aromatic N) is 11. The van der Waals surface area contributed by atoms with Gasteiger partial charge in [-0.1, -0.05) is 111 Å². The van der Waals surface area contributed by atoms with Gasteiger partial charge in [0.2, 0.25) is 20.0 Å². The van der Waals surface area contributed by atoms with Gasteiger partial charge < -0.3 is 30.9 Å². The Morgan fingerprint density at radius 1 is 0.358 bits per heavy atom. The first kappa shape index (κ1) is 114. The second kappa shape index (κ2) is 49.0. The maximum absolute atomic E-state index is 12.9. The van der Waals surface area contributed by atoms with Crippen molar-refractivity contribution in [3.63, 3.8) is 0 Å². The van der Waals surface area contributed by atoms with E-state index in [0.717, 1.165) is 148 Å². The number of piperidine rings is 1. The van der Waals surface area contributed by atoms with E-state index >= 15 is 0 Å². The topological polar surface area (TPSA) is 302 Å². The van der Waals surface area contributed by atoms with Crippen LogP contribution in [0.15, 0.2) is 146 Å². The molecule has 6 atom stereocenters. The highest BCUT2D eigenvalue weighted by molar-refractivity contribution is 7.89. The number of ketones is 1. The summed E-state index contributed by atoms with van der Waals surface area (Å²) in [5.41, 5.74) is 9.82. The first-order valence-corrected chi connectivity index (χ1v) is 54.1. The number of methoxy groups -OCH3 is 1. The van der Waals surface area contributed by atoms with Crippen LogP contribution < -0.4 is 21.3 Å². The third kappa shape index (κ3) is 29.1. The summed E-state index contributed by atoms with van der Waals surface area (Å²) >= 11 is 0. The summed E-state index contributed by atoms with van der Waals surface area (Å²) in [6.07, 6.45) is -4.22. The molecule has 40 heteroatoms. The molecule has 8 aliphatic rings. The molecule has 0 spiro atoms. The Morgan fingerprint density at radius 2 is 0.615 bits per heavy atom. The van der Waals surface area contributed by atoms with Gasteiger partial charge in [-0.15, -0.1) is 0 Å². The number of aromatic nitrogens is 4. The quantitative estimate of drug-likeness (QED) is 0.0304. The number of pyridine rings is 4. The van der Waals surface area contributed by atoms with Crippen LogP contribution in [0.2, 0.25) is 0 Å². The SMILES string of the molecule is CCC(=O)C1CCC(CNC(=O)c2cnc3c(c2)CN(Cc2ccc(C(F)(F)F)cc2)[C@H]3C(C)C)CC1.CCS(=O)(=O)N1CCC(CNC(=O)c2cnc3c(c2)CN(Cc2ccc(C(F)(F)F)cc2)[C@H]3C(C)C)C1.CCS(=O)(=O)N1CCC(CNC(=O)c2cnc3c(c2)CN(Cc2ccc(C(F)(F)F)cc2)[C@H]3C(C)C)CC1.COC(=O)N1CCC(CNC(=O)c2cnc3c(c2)CN(Cc2ccc(C(F)(F)F)cc2)[C@H]3C(C)C)C1. The number of halogens is 12. The molecule has 26 nitrogen and oxygen atoms in total. The highest BCUT2D eigenvalue weighted by Crippen LogP contribution is 2.46. The molecule has 2 unspecified atom stereocenters. The van der Waals surface area contributed by atoms with Gasteiger partial charge >= 0.3 is 30.8 Å². The number of ether oxygens (including phenoxy) is 1. The molecule has 0 bridgehead atoms. The van der Waals surface area contributed by atoms with Crippen molar-refractivity contribution in [2.75, 3.05) is 84.1 Å². The number of carbonyl (C=O) groups is 6. The van der Waals surface area contributed by atoms with Crippen LogP contribution in [0.3, 0.4) is 0 Å². The molecule has 148 heavy (non-hydrogen) atoms. The van der Waals surface area contributed by atoms with E-state index in [9.17, 15) is 98.3 Å². The maximum Gasteiger partial charge on any atom is 0.416 e. The second-order valence-electron chi connectivity index (χ2n) is 41.3. The molecule has 0 radical (unpaired) electrons. The number of rotatable bonds is 30. The molecule has 1 saturated carbocycles. The summed E-state index contributed by atoms with van der Waals surface area (Å²) in [7, 11) is -5.05. The van der Waals surface area contributed by atoms with Crippen LogP contribution in [0.4, 0.5) is 57.5 Å². The van der Waals surface area contributed by atoms with Gasteiger partial charge in [0.05, 0.1) is 110 Å². The van der Waals surface area contributed by atoms with Gasteiger partial charge in [-0.3, -0.25) is 63.5 Å². The standard InChI is InChI=1S/C29H36F3N3O2.C27H35F3N4O3S.C26H33F3N4O3S.C26H31F3N4O3/c1-4-25(36)21-9-5-19(6-10-21)14-34-28(37)22-13-23-17-35(27(18(2)3)26(23)33-15-22)16-20-7-11-24(12-8-20)29(30,31)32;1-4-38(36,37)34-11-9-19(10-12-34)14-32-26(35)21-13-22-17-33(25(18(2)3)24(22)31-15-21)16-20-5-7-23(8-6-20)27(28,29)30;1-4-37(35,36)33-10-9-19(15-33)12-31-25(34)20-11-21-16-32(24(17(2)3)23(21)30-13-20)14-18-5-7-22(8-6-18)26(27,28)29;1-16(2)23-22-20(15-33(23)13-17-4-6-21(7-5-17)26(27,28)29)10-19(12-30-22)24(34)31-11-18-8-9-32(14-18)25(35)36-3/h7-8,11-13,15,18-19,21,27H,4-6,9-10,14,16-17H2,1-3H3,(H,34,37);5-8,13,15,18-19,25H,4,9-12,14,16-17H2,1-3H3,(H,32,35);5-8,11,13,17,19,24H,4,9-10,12,14-16H2,1-3H3,(H,31,34);4-7,10,12,16,18,23H,8-9,11,13-15H2,1-3H3,(H,31,34)/t19?,21?,27-;25-;19?,24-;18?,23-/m0000/s1. The van der Waals surface area contributed by atoms with Crippen LogP contribution in [0.5, 0.6) is 0 Å². The number of benzene rings is 4. The monoisotopic (exact) mass is 2110 g/mol. The number of likely N-dealkylation sites (tertiary alicyclic amines) is 1. The highest BCUT2D eigenvalue weighted by atomic mass is 32.2. The van der Waals surface area contributed by atoms with Gasteiger partial charge in [0.15, 0.2) is 0 Å². The van der Waals surface area contributed by atoms with Crippen molar-refractivity contribution in [1.82, 2.24) is 74.3 Å². The summed E-state index contributed by atoms with van der Waals surface area (Å²) < 4.78 is 211. The molecule has 4 fully saturated rings. The number of hydrogen-bond donors (Lipinski definition) is 4. The zero-order valence-electron chi connectivity index (χ0n) is 85.6. The van der Waals surface area contributed by atoms with E-state index in [1.807, 2.05) is 31.2 Å². The normalized spacial score (nSPS) is 20.7. The Labute approximate surface area is 858 Å². The lowest BCUT2D eigenvalue weighted by molar-refractivity contribution is -0.138. The Hall–Kier alpha value is -10.9. The summed E-state index contributed by atoms with van der Waals surface area (Å²) in [5.74, 6) is 1.60. The molecule has 11 heterocycles. The summed E-state index contributed by atoms with van der Waals surface area (Å²) in [4.78, 5) is 104. The Bertz CT molecular complexity index is 6170. The predicted molar refractivity (Wildman–Crippen MR) is 535 cm³/mol. The van der Waals surface area contributed by atoms with E-state index in [0.29, 0.717) is 177 Å². The van der Waals surface area contributed by atoms with Gasteiger partial charge in [-0.05, 0) is 230 Å². The van der Waals surface area contributed by atoms with E-state index in [2.05, 4.69) is 116 Å². The molecule has 5 amide bonds. The zero-order chi connectivity index (χ0) is 107. The molecule has 1 aliphatic carbocycles. The minimum absolute atomic E-state index is 0.00203. The predicted octanol–water partition coefficient (Wildman–Crippen LogP) is 19.8. The lowest BCUT2D eigenvalue weighted by Gasteiger charge is -2.31. The number of fused-ring (bicyclic) bond motifs is 4. The zero-order valence-corrected chi connectivity index (χ0v) is 87.3. The molecule has 4 N–H and O–H groups in total. The molecule has 16 rings (SSSR count). The summed E-state index contributed by atoms with van der Waals surface area (Å²) in [6, 6.07) is 28.5. The average molecular weight is 2110 g/mol. The van der Waals surface area contributed by atoms with Crippen molar-refractivity contribution < 1.29 is 103 Å². The number of nitrogens with one attached hydrogen (secondary N) is 4. The van der Waals surface area contributed by atoms with Gasteiger partial charge in [0, 0.05) is 155 Å². The Balaban J connectivity index is 0.000000165. The highest BCUT2D eigenvalue weighted by Gasteiger charge is 2.43. The van der Waals surface area contributed by atoms with Crippen molar-refractivity contribution in [1.29, 1.82) is 0 Å². The van der Waals surface area contributed by atoms with Gasteiger partial charge in [-0.2, -0.15) is 52.7 Å². The van der Waals surface area contributed by atoms with Crippen LogP contribution in [0, 0.1) is 53.3 Å². The fourth-order valence-electron chi connectivity index (χ4n) is 21.4. The maximum atomic E-state index is 12.9. The minimum Gasteiger partial charge on any atom is -0.453 e. The number of sulfonamides is 2. The smallest absolute Gasteiger partial charge is 0.416 e. The molecule has 7 aliphatic heterocycles. The number of alkyl halides is 12.